The molecule has 0 atom stereocenters. The van der Waals surface area contributed by atoms with Gasteiger partial charge in [-0.3, -0.25) is 4.72 Å². The first-order valence-electron chi connectivity index (χ1n) is 9.58. The number of hydrogen-bond acceptors (Lipinski definition) is 5. The lowest BCUT2D eigenvalue weighted by Crippen LogP contribution is -2.35. The molecule has 29 heavy (non-hydrogen) atoms. The van der Waals surface area contributed by atoms with E-state index in [-0.39, 0.29) is 25.2 Å². The Morgan fingerprint density at radius 3 is 2.45 bits per heavy atom. The van der Waals surface area contributed by atoms with Gasteiger partial charge in [0.25, 0.3) is 0 Å². The highest BCUT2D eigenvalue weighted by Crippen LogP contribution is 2.25. The molecule has 9 heteroatoms. The van der Waals surface area contributed by atoms with E-state index in [0.717, 1.165) is 24.7 Å². The Balaban J connectivity index is 1.54. The molecule has 0 bridgehead atoms. The zero-order valence-electron chi connectivity index (χ0n) is 16.3. The van der Waals surface area contributed by atoms with Gasteiger partial charge in [0.1, 0.15) is 6.10 Å². The smallest absolute Gasteiger partial charge is 0.315 e. The van der Waals surface area contributed by atoms with E-state index >= 15 is 0 Å². The number of hydrogen-bond donors (Lipinski definition) is 3. The molecule has 0 saturated heterocycles. The zero-order valence-corrected chi connectivity index (χ0v) is 17.2. The van der Waals surface area contributed by atoms with Crippen molar-refractivity contribution in [2.24, 2.45) is 0 Å². The second kappa shape index (κ2) is 9.60. The van der Waals surface area contributed by atoms with Crippen molar-refractivity contribution in [1.29, 1.82) is 0 Å². The van der Waals surface area contributed by atoms with Gasteiger partial charge in [-0.15, -0.1) is 0 Å². The van der Waals surface area contributed by atoms with Crippen molar-refractivity contribution in [3.05, 3.63) is 53.7 Å². The molecule has 2 aromatic rings. The number of rotatable bonds is 8. The number of para-hydroxylation sites is 1. The number of nitrogens with one attached hydrogen (secondary N) is 3. The summed E-state index contributed by atoms with van der Waals surface area (Å²) in [4.78, 5) is 16.5. The predicted molar refractivity (Wildman–Crippen MR) is 111 cm³/mol. The summed E-state index contributed by atoms with van der Waals surface area (Å²) in [5.41, 5.74) is 1.92. The number of amides is 2. The van der Waals surface area contributed by atoms with Crippen LogP contribution in [0.15, 0.2) is 42.6 Å². The maximum atomic E-state index is 12.2. The first-order chi connectivity index (χ1) is 13.9. The molecular weight excluding hydrogens is 392 g/mol. The van der Waals surface area contributed by atoms with E-state index in [2.05, 4.69) is 20.3 Å². The summed E-state index contributed by atoms with van der Waals surface area (Å²) >= 11 is 0. The Labute approximate surface area is 171 Å². The van der Waals surface area contributed by atoms with Gasteiger partial charge in [-0.25, -0.2) is 18.2 Å². The summed E-state index contributed by atoms with van der Waals surface area (Å²) in [7, 11) is -3.40. The lowest BCUT2D eigenvalue weighted by atomic mass is 10.2. The molecule has 1 saturated carbocycles. The average molecular weight is 419 g/mol. The van der Waals surface area contributed by atoms with Crippen molar-refractivity contribution < 1.29 is 17.9 Å². The maximum Gasteiger partial charge on any atom is 0.315 e. The van der Waals surface area contributed by atoms with Crippen LogP contribution in [-0.4, -0.2) is 31.8 Å². The number of benzene rings is 1. The third kappa shape index (κ3) is 6.63. The van der Waals surface area contributed by atoms with E-state index in [1.54, 1.807) is 30.5 Å². The number of nitrogens with zero attached hydrogens (tertiary/aromatic N) is 1. The Morgan fingerprint density at radius 2 is 1.72 bits per heavy atom. The van der Waals surface area contributed by atoms with Gasteiger partial charge in [-0.1, -0.05) is 24.3 Å². The van der Waals surface area contributed by atoms with Crippen LogP contribution in [0.25, 0.3) is 0 Å². The van der Waals surface area contributed by atoms with Gasteiger partial charge in [0.2, 0.25) is 15.9 Å². The number of ether oxygens (including phenoxy) is 1. The lowest BCUT2D eigenvalue weighted by molar-refractivity contribution is 0.198. The summed E-state index contributed by atoms with van der Waals surface area (Å²) in [5, 5.41) is 5.54. The number of aromatic nitrogens is 1. The highest BCUT2D eigenvalue weighted by molar-refractivity contribution is 7.92. The molecule has 1 fully saturated rings. The van der Waals surface area contributed by atoms with Gasteiger partial charge >= 0.3 is 6.03 Å². The second-order valence-electron chi connectivity index (χ2n) is 7.06. The molecular formula is C20H26N4O4S. The quantitative estimate of drug-likeness (QED) is 0.611. The van der Waals surface area contributed by atoms with Crippen LogP contribution >= 0.6 is 0 Å². The molecule has 1 aliphatic rings. The fraction of sp³-hybridized carbons (Fsp3) is 0.400. The molecule has 0 radical (unpaired) electrons. The van der Waals surface area contributed by atoms with Crippen LogP contribution in [0.3, 0.4) is 0 Å². The summed E-state index contributed by atoms with van der Waals surface area (Å²) < 4.78 is 31.4. The largest absolute Gasteiger partial charge is 0.474 e. The molecule has 0 aliphatic heterocycles. The molecule has 1 aliphatic carbocycles. The summed E-state index contributed by atoms with van der Waals surface area (Å²) in [6.45, 7) is 0.466. The molecule has 156 valence electrons. The highest BCUT2D eigenvalue weighted by atomic mass is 32.2. The number of carbonyl (C=O) groups excluding carboxylic acids is 1. The van der Waals surface area contributed by atoms with Gasteiger partial charge in [-0.05, 0) is 43.4 Å². The minimum atomic E-state index is -3.40. The average Bonchev–Trinajstić information content (AvgIpc) is 3.18. The number of carbonyl (C=O) groups is 1. The van der Waals surface area contributed by atoms with Crippen LogP contribution in [0, 0.1) is 0 Å². The molecule has 1 aromatic carbocycles. The van der Waals surface area contributed by atoms with Gasteiger partial charge in [0.15, 0.2) is 0 Å². The predicted octanol–water partition coefficient (Wildman–Crippen LogP) is 2.77. The molecule has 0 unspecified atom stereocenters. The van der Waals surface area contributed by atoms with E-state index in [4.69, 9.17) is 4.74 Å². The van der Waals surface area contributed by atoms with Crippen LogP contribution in [0.4, 0.5) is 10.5 Å². The maximum absolute atomic E-state index is 12.2. The van der Waals surface area contributed by atoms with Gasteiger partial charge in [0.05, 0.1) is 11.9 Å². The molecule has 3 rings (SSSR count). The molecule has 2 amide bonds. The van der Waals surface area contributed by atoms with Gasteiger partial charge in [0, 0.05) is 24.8 Å². The van der Waals surface area contributed by atoms with Gasteiger partial charge in [-0.2, -0.15) is 0 Å². The highest BCUT2D eigenvalue weighted by Gasteiger charge is 2.18. The van der Waals surface area contributed by atoms with E-state index < -0.39 is 10.0 Å². The van der Waals surface area contributed by atoms with Crippen molar-refractivity contribution >= 4 is 21.7 Å². The van der Waals surface area contributed by atoms with Crippen LogP contribution in [0.5, 0.6) is 5.88 Å². The topological polar surface area (TPSA) is 109 Å². The lowest BCUT2D eigenvalue weighted by Gasteiger charge is -2.16. The summed E-state index contributed by atoms with van der Waals surface area (Å²) in [6, 6.07) is 10.2. The third-order valence-electron chi connectivity index (χ3n) is 4.62. The number of pyridine rings is 1. The van der Waals surface area contributed by atoms with Gasteiger partial charge < -0.3 is 15.4 Å². The molecule has 1 aromatic heterocycles. The Kier molecular flexibility index (Phi) is 6.92. The van der Waals surface area contributed by atoms with E-state index in [1.807, 2.05) is 12.1 Å². The van der Waals surface area contributed by atoms with Crippen molar-refractivity contribution in [3.8, 4) is 5.88 Å². The number of sulfonamides is 1. The fourth-order valence-corrected chi connectivity index (χ4v) is 3.81. The third-order valence-corrected chi connectivity index (χ3v) is 5.21. The Hall–Kier alpha value is -2.81. The van der Waals surface area contributed by atoms with Crippen molar-refractivity contribution in [2.75, 3.05) is 11.0 Å². The summed E-state index contributed by atoms with van der Waals surface area (Å²) in [5.74, 6) is 0.558. The van der Waals surface area contributed by atoms with E-state index in [9.17, 15) is 13.2 Å². The van der Waals surface area contributed by atoms with Crippen molar-refractivity contribution in [2.45, 2.75) is 44.9 Å². The molecule has 3 N–H and O–H groups in total. The number of anilines is 1. The molecule has 0 spiro atoms. The first-order valence-corrected chi connectivity index (χ1v) is 11.5. The number of urea groups is 1. The summed E-state index contributed by atoms with van der Waals surface area (Å²) in [6.07, 6.45) is 7.36. The van der Waals surface area contributed by atoms with Crippen LogP contribution in [0.1, 0.15) is 36.8 Å². The normalized spacial score (nSPS) is 14.4. The fourth-order valence-electron chi connectivity index (χ4n) is 3.22. The standard InChI is InChI=1S/C20H26N4O4S/c1-29(26,27)24-18-11-5-2-7-15(18)13-22-20(25)23-14-16-8-6-12-21-19(16)28-17-9-3-4-10-17/h2,5-8,11-12,17,24H,3-4,9-10,13-14H2,1H3,(H2,22,23,25). The van der Waals surface area contributed by atoms with Crippen molar-refractivity contribution in [1.82, 2.24) is 15.6 Å². The SMILES string of the molecule is CS(=O)(=O)Nc1ccccc1CNC(=O)NCc1cccnc1OC1CCCC1. The molecule has 1 heterocycles. The first kappa shape index (κ1) is 20.9. The van der Waals surface area contributed by atoms with E-state index in [1.165, 1.54) is 12.8 Å². The molecule has 8 nitrogen and oxygen atoms in total. The minimum absolute atomic E-state index is 0.184. The Bertz CT molecular complexity index is 943. The monoisotopic (exact) mass is 418 g/mol. The van der Waals surface area contributed by atoms with Crippen molar-refractivity contribution in [3.63, 3.8) is 0 Å². The van der Waals surface area contributed by atoms with E-state index in [0.29, 0.717) is 17.1 Å². The minimum Gasteiger partial charge on any atom is -0.474 e. The van der Waals surface area contributed by atoms with Crippen LogP contribution in [-0.2, 0) is 23.1 Å². The Morgan fingerprint density at radius 1 is 1.07 bits per heavy atom. The van der Waals surface area contributed by atoms with Crippen LogP contribution < -0.4 is 20.1 Å². The second-order valence-corrected chi connectivity index (χ2v) is 8.81. The van der Waals surface area contributed by atoms with Crippen LogP contribution in [0.2, 0.25) is 0 Å². The zero-order chi connectivity index (χ0) is 20.7.